The number of pyridine rings is 1. The highest BCUT2D eigenvalue weighted by atomic mass is 32.2. The molecular formula is C21H14N4O3S2. The van der Waals surface area contributed by atoms with Gasteiger partial charge in [0.2, 0.25) is 0 Å². The van der Waals surface area contributed by atoms with E-state index in [1.54, 1.807) is 31.5 Å². The first-order chi connectivity index (χ1) is 14.6. The number of benzene rings is 1. The molecule has 9 heteroatoms. The van der Waals surface area contributed by atoms with Crippen LogP contribution in [0.25, 0.3) is 15.0 Å². The number of aromatic nitrogens is 1. The van der Waals surface area contributed by atoms with Crippen molar-refractivity contribution < 1.29 is 14.3 Å². The lowest BCUT2D eigenvalue weighted by Gasteiger charge is -2.33. The molecule has 3 amide bonds. The number of urea groups is 1. The van der Waals surface area contributed by atoms with E-state index in [0.29, 0.717) is 22.6 Å². The SMILES string of the molecule is COc1ccc(C#N)c(C2=CC3NC(=O)N(c4cncc5sccc45)C(=O)C3S2)c1. The van der Waals surface area contributed by atoms with Gasteiger partial charge in [-0.15, -0.1) is 23.1 Å². The molecule has 1 fully saturated rings. The van der Waals surface area contributed by atoms with Crippen molar-refractivity contribution in [3.05, 3.63) is 59.2 Å². The van der Waals surface area contributed by atoms with Crippen LogP contribution in [-0.2, 0) is 4.79 Å². The van der Waals surface area contributed by atoms with Crippen LogP contribution in [0.5, 0.6) is 5.75 Å². The second-order valence-electron chi connectivity index (χ2n) is 6.73. The molecule has 1 N–H and O–H groups in total. The Bertz CT molecular complexity index is 1280. The maximum atomic E-state index is 13.3. The number of nitrogens with zero attached hydrogens (tertiary/aromatic N) is 3. The van der Waals surface area contributed by atoms with Gasteiger partial charge in [0, 0.05) is 22.1 Å². The van der Waals surface area contributed by atoms with Crippen molar-refractivity contribution in [3.63, 3.8) is 0 Å². The summed E-state index contributed by atoms with van der Waals surface area (Å²) in [6.45, 7) is 0. The summed E-state index contributed by atoms with van der Waals surface area (Å²) >= 11 is 2.85. The fraction of sp³-hybridized carbons (Fsp3) is 0.143. The topological polar surface area (TPSA) is 95.3 Å². The van der Waals surface area contributed by atoms with Gasteiger partial charge >= 0.3 is 6.03 Å². The Hall–Kier alpha value is -3.35. The van der Waals surface area contributed by atoms with Gasteiger partial charge in [0.1, 0.15) is 11.0 Å². The number of hydrogen-bond acceptors (Lipinski definition) is 7. The molecule has 0 aliphatic carbocycles. The summed E-state index contributed by atoms with van der Waals surface area (Å²) < 4.78 is 6.19. The Balaban J connectivity index is 1.51. The average molecular weight is 435 g/mol. The monoisotopic (exact) mass is 434 g/mol. The zero-order valence-corrected chi connectivity index (χ0v) is 17.3. The van der Waals surface area contributed by atoms with Crippen LogP contribution in [0.15, 0.2) is 48.1 Å². The van der Waals surface area contributed by atoms with Gasteiger partial charge in [0.25, 0.3) is 5.91 Å². The van der Waals surface area contributed by atoms with Crippen LogP contribution in [0.2, 0.25) is 0 Å². The lowest BCUT2D eigenvalue weighted by molar-refractivity contribution is -0.118. The number of methoxy groups -OCH3 is 1. The molecule has 0 saturated carbocycles. The fourth-order valence-corrected chi connectivity index (χ4v) is 5.71. The van der Waals surface area contributed by atoms with Crippen molar-refractivity contribution in [3.8, 4) is 11.8 Å². The third-order valence-corrected chi connectivity index (χ3v) is 7.29. The molecule has 30 heavy (non-hydrogen) atoms. The average Bonchev–Trinajstić information content (AvgIpc) is 3.40. The van der Waals surface area contributed by atoms with E-state index in [4.69, 9.17) is 4.74 Å². The van der Waals surface area contributed by atoms with Crippen molar-refractivity contribution >= 4 is 55.7 Å². The van der Waals surface area contributed by atoms with Gasteiger partial charge in [-0.3, -0.25) is 9.78 Å². The Morgan fingerprint density at radius 1 is 1.27 bits per heavy atom. The highest BCUT2D eigenvalue weighted by Gasteiger charge is 2.46. The number of thioether (sulfide) groups is 1. The number of carbonyl (C=O) groups is 2. The van der Waals surface area contributed by atoms with Crippen molar-refractivity contribution in [1.82, 2.24) is 10.3 Å². The van der Waals surface area contributed by atoms with Crippen LogP contribution in [0.1, 0.15) is 11.1 Å². The Morgan fingerprint density at radius 3 is 2.93 bits per heavy atom. The summed E-state index contributed by atoms with van der Waals surface area (Å²) in [5, 5.41) is 14.6. The first-order valence-corrected chi connectivity index (χ1v) is 10.8. The highest BCUT2D eigenvalue weighted by molar-refractivity contribution is 8.09. The van der Waals surface area contributed by atoms with Crippen molar-refractivity contribution in [2.45, 2.75) is 11.3 Å². The Kier molecular flexibility index (Phi) is 4.46. The zero-order chi connectivity index (χ0) is 20.8. The third-order valence-electron chi connectivity index (χ3n) is 5.08. The molecule has 2 atom stereocenters. The molecule has 2 aliphatic rings. The van der Waals surface area contributed by atoms with E-state index in [9.17, 15) is 14.9 Å². The fourth-order valence-electron chi connectivity index (χ4n) is 3.64. The van der Waals surface area contributed by atoms with Crippen LogP contribution in [-0.4, -0.2) is 35.3 Å². The molecule has 0 spiro atoms. The van der Waals surface area contributed by atoms with E-state index >= 15 is 0 Å². The molecule has 3 aromatic rings. The van der Waals surface area contributed by atoms with Crippen LogP contribution >= 0.6 is 23.1 Å². The quantitative estimate of drug-likeness (QED) is 0.674. The van der Waals surface area contributed by atoms with E-state index in [-0.39, 0.29) is 5.91 Å². The van der Waals surface area contributed by atoms with Gasteiger partial charge < -0.3 is 10.1 Å². The molecule has 2 unspecified atom stereocenters. The maximum Gasteiger partial charge on any atom is 0.329 e. The molecular weight excluding hydrogens is 420 g/mol. The number of fused-ring (bicyclic) bond motifs is 2. The molecule has 4 heterocycles. The van der Waals surface area contributed by atoms with Crippen LogP contribution in [0.3, 0.4) is 0 Å². The van der Waals surface area contributed by atoms with E-state index in [1.807, 2.05) is 17.5 Å². The number of nitrogens with one attached hydrogen (secondary N) is 1. The van der Waals surface area contributed by atoms with Crippen LogP contribution in [0, 0.1) is 11.3 Å². The van der Waals surface area contributed by atoms with Gasteiger partial charge in [-0.2, -0.15) is 5.26 Å². The number of nitriles is 1. The zero-order valence-electron chi connectivity index (χ0n) is 15.7. The number of thiophene rings is 1. The summed E-state index contributed by atoms with van der Waals surface area (Å²) in [6, 6.07) is 8.31. The van der Waals surface area contributed by atoms with Gasteiger partial charge in [0.15, 0.2) is 0 Å². The van der Waals surface area contributed by atoms with E-state index in [1.165, 1.54) is 34.2 Å². The van der Waals surface area contributed by atoms with Crippen molar-refractivity contribution in [2.24, 2.45) is 0 Å². The number of amides is 3. The molecule has 1 saturated heterocycles. The first-order valence-electron chi connectivity index (χ1n) is 9.03. The van der Waals surface area contributed by atoms with Gasteiger partial charge in [-0.05, 0) is 35.7 Å². The Morgan fingerprint density at radius 2 is 2.13 bits per heavy atom. The predicted octanol–water partition coefficient (Wildman–Crippen LogP) is 3.76. The van der Waals surface area contributed by atoms with Gasteiger partial charge in [0.05, 0.1) is 41.4 Å². The predicted molar refractivity (Wildman–Crippen MR) is 116 cm³/mol. The summed E-state index contributed by atoms with van der Waals surface area (Å²) in [6.07, 6.45) is 5.09. The molecule has 0 bridgehead atoms. The minimum Gasteiger partial charge on any atom is -0.497 e. The largest absolute Gasteiger partial charge is 0.497 e. The van der Waals surface area contributed by atoms with Crippen LogP contribution < -0.4 is 15.0 Å². The molecule has 5 rings (SSSR count). The van der Waals surface area contributed by atoms with Crippen LogP contribution in [0.4, 0.5) is 10.5 Å². The third kappa shape index (κ3) is 2.84. The van der Waals surface area contributed by atoms with Crippen molar-refractivity contribution in [1.29, 1.82) is 5.26 Å². The molecule has 7 nitrogen and oxygen atoms in total. The lowest BCUT2D eigenvalue weighted by atomic mass is 10.0. The van der Waals surface area contributed by atoms with Crippen molar-refractivity contribution in [2.75, 3.05) is 12.0 Å². The summed E-state index contributed by atoms with van der Waals surface area (Å²) in [7, 11) is 1.56. The number of imide groups is 1. The maximum absolute atomic E-state index is 13.3. The van der Waals surface area contributed by atoms with E-state index < -0.39 is 17.3 Å². The molecule has 1 aromatic carbocycles. The highest BCUT2D eigenvalue weighted by Crippen LogP contribution is 2.44. The smallest absolute Gasteiger partial charge is 0.329 e. The van der Waals surface area contributed by atoms with Gasteiger partial charge in [-0.1, -0.05) is 0 Å². The second kappa shape index (κ2) is 7.16. The molecule has 2 aliphatic heterocycles. The number of rotatable bonds is 3. The molecule has 2 aromatic heterocycles. The number of carbonyl (C=O) groups excluding carboxylic acids is 2. The normalized spacial score (nSPS) is 20.5. The second-order valence-corrected chi connectivity index (χ2v) is 8.86. The molecule has 0 radical (unpaired) electrons. The van der Waals surface area contributed by atoms with E-state index in [0.717, 1.165) is 15.0 Å². The summed E-state index contributed by atoms with van der Waals surface area (Å²) in [5.74, 6) is 0.314. The number of hydrogen-bond donors (Lipinski definition) is 1. The first kappa shape index (κ1) is 18.7. The number of anilines is 1. The lowest BCUT2D eigenvalue weighted by Crippen LogP contribution is -2.60. The van der Waals surface area contributed by atoms with E-state index in [2.05, 4.69) is 16.4 Å². The summed E-state index contributed by atoms with van der Waals surface area (Å²) in [5.41, 5.74) is 1.64. The minimum absolute atomic E-state index is 0.304. The minimum atomic E-state index is -0.524. The standard InChI is InChI=1S/C21H14N4O3S2/c1-28-12-3-2-11(8-22)14(6-12)17-7-15-19(30-17)20(26)25(21(27)24-15)16-9-23-10-18-13(16)4-5-29-18/h2-7,9-10,15,19H,1H3,(H,24,27). The van der Waals surface area contributed by atoms with Gasteiger partial charge in [-0.25, -0.2) is 9.69 Å². The Labute approximate surface area is 180 Å². The summed E-state index contributed by atoms with van der Waals surface area (Å²) in [4.78, 5) is 32.3. The molecule has 148 valence electrons. The number of ether oxygens (including phenoxy) is 1.